The molecule has 3 N–H and O–H groups in total. The number of sulfone groups is 1. The minimum Gasteiger partial charge on any atom is -0.491 e. The Balaban J connectivity index is 0.816. The molecule has 0 radical (unpaired) electrons. The monoisotopic (exact) mass is 1190 g/mol. The molecule has 4 aromatic carbocycles. The van der Waals surface area contributed by atoms with Crippen molar-refractivity contribution in [2.24, 2.45) is 5.41 Å². The highest BCUT2D eigenvalue weighted by Crippen LogP contribution is 2.39. The molecular formula is C63H81N7O12S2. The van der Waals surface area contributed by atoms with E-state index in [1.54, 1.807) is 88.5 Å². The number of likely N-dealkylation sites (N-methyl/N-ethyl adjacent to an activating group) is 1. The van der Waals surface area contributed by atoms with Gasteiger partial charge >= 0.3 is 6.09 Å². The zero-order valence-corrected chi connectivity index (χ0v) is 51.8. The van der Waals surface area contributed by atoms with E-state index in [0.29, 0.717) is 42.2 Å². The van der Waals surface area contributed by atoms with Gasteiger partial charge in [0.1, 0.15) is 53.3 Å². The lowest BCUT2D eigenvalue weighted by atomic mass is 9.83. The largest absolute Gasteiger partial charge is 0.491 e. The van der Waals surface area contributed by atoms with Crippen LogP contribution in [-0.2, 0) is 62.6 Å². The van der Waals surface area contributed by atoms with E-state index < -0.39 is 61.6 Å². The van der Waals surface area contributed by atoms with Crippen LogP contribution in [0.25, 0.3) is 21.1 Å². The molecule has 0 bridgehead atoms. The minimum atomic E-state index is -3.84. The SMILES string of the molecule is C[C@@H](C(=O)N[C@H](C(=O)N1Cc2cc(OCCOCCOCCOCCOc3cc4nccc(Nc5ccc6scnc6c5)c4cc3S(=O)(=O)C(C)(C)C)ccc2C[C@H]1C(=O)N[C@@H]1CCCc2ccccc21)C(C)(C)C)N(C)C(=O)OC(C)(C)C. The number of ether oxygens (including phenoxy) is 6. The van der Waals surface area contributed by atoms with Gasteiger partial charge in [0.25, 0.3) is 0 Å². The summed E-state index contributed by atoms with van der Waals surface area (Å²) in [6, 6.07) is 21.6. The van der Waals surface area contributed by atoms with Crippen molar-refractivity contribution in [3.05, 3.63) is 113 Å². The lowest BCUT2D eigenvalue weighted by molar-refractivity contribution is -0.147. The molecule has 4 amide bonds. The summed E-state index contributed by atoms with van der Waals surface area (Å²) in [6.07, 6.45) is 3.85. The van der Waals surface area contributed by atoms with E-state index in [2.05, 4.69) is 32.0 Å². The maximum Gasteiger partial charge on any atom is 0.410 e. The maximum absolute atomic E-state index is 15.0. The van der Waals surface area contributed by atoms with Gasteiger partial charge in [-0.3, -0.25) is 24.3 Å². The fourth-order valence-corrected chi connectivity index (χ4v) is 12.0. The third-order valence-corrected chi connectivity index (χ3v) is 18.2. The molecule has 21 heteroatoms. The maximum atomic E-state index is 15.0. The second-order valence-electron chi connectivity index (χ2n) is 24.3. The molecule has 0 fully saturated rings. The summed E-state index contributed by atoms with van der Waals surface area (Å²) in [5.41, 5.74) is 7.14. The molecule has 0 unspecified atom stereocenters. The van der Waals surface area contributed by atoms with Crippen LogP contribution < -0.4 is 25.4 Å². The van der Waals surface area contributed by atoms with Gasteiger partial charge in [0, 0.05) is 49.0 Å². The number of hydrogen-bond acceptors (Lipinski definition) is 16. The van der Waals surface area contributed by atoms with Crippen LogP contribution in [0.3, 0.4) is 0 Å². The third kappa shape index (κ3) is 15.7. The van der Waals surface area contributed by atoms with Crippen molar-refractivity contribution in [1.82, 2.24) is 30.4 Å². The summed E-state index contributed by atoms with van der Waals surface area (Å²) in [7, 11) is -2.36. The summed E-state index contributed by atoms with van der Waals surface area (Å²) in [6.45, 7) is 19.4. The van der Waals surface area contributed by atoms with Crippen molar-refractivity contribution >= 4 is 77.5 Å². The quantitative estimate of drug-likeness (QED) is 0.0508. The van der Waals surface area contributed by atoms with Crippen molar-refractivity contribution in [2.75, 3.05) is 65.2 Å². The third-order valence-electron chi connectivity index (χ3n) is 14.9. The number of aryl methyl sites for hydroxylation is 1. The second-order valence-corrected chi connectivity index (χ2v) is 27.9. The van der Waals surface area contributed by atoms with Gasteiger partial charge in [-0.25, -0.2) is 18.2 Å². The molecular weight excluding hydrogens is 1110 g/mol. The first-order chi connectivity index (χ1) is 39.8. The van der Waals surface area contributed by atoms with E-state index in [-0.39, 0.29) is 68.6 Å². The van der Waals surface area contributed by atoms with Gasteiger partial charge in [-0.2, -0.15) is 0 Å². The number of aromatic nitrogens is 2. The van der Waals surface area contributed by atoms with Crippen LogP contribution in [0, 0.1) is 5.41 Å². The smallest absolute Gasteiger partial charge is 0.410 e. The Morgan fingerprint density at radius 2 is 1.46 bits per heavy atom. The van der Waals surface area contributed by atoms with Crippen molar-refractivity contribution in [3.8, 4) is 11.5 Å². The number of amides is 4. The Bertz CT molecular complexity index is 3420. The number of benzene rings is 4. The molecule has 4 atom stereocenters. The van der Waals surface area contributed by atoms with E-state index in [1.165, 1.54) is 17.5 Å². The Hall–Kier alpha value is -6.91. The molecule has 19 nitrogen and oxygen atoms in total. The van der Waals surface area contributed by atoms with Crippen molar-refractivity contribution in [2.45, 2.75) is 141 Å². The molecule has 0 saturated heterocycles. The highest BCUT2D eigenvalue weighted by atomic mass is 32.2. The number of nitrogens with zero attached hydrogens (tertiary/aromatic N) is 4. The summed E-state index contributed by atoms with van der Waals surface area (Å²) >= 11 is 1.56. The van der Waals surface area contributed by atoms with E-state index in [0.717, 1.165) is 51.9 Å². The number of thiazole rings is 1. The number of rotatable bonds is 23. The second kappa shape index (κ2) is 27.0. The molecule has 1 aliphatic carbocycles. The van der Waals surface area contributed by atoms with Crippen LogP contribution in [0.15, 0.2) is 95.5 Å². The fraction of sp³-hybridized carbons (Fsp3) is 0.492. The van der Waals surface area contributed by atoms with Crippen molar-refractivity contribution < 1.29 is 56.0 Å². The highest BCUT2D eigenvalue weighted by Gasteiger charge is 2.44. The predicted octanol–water partition coefficient (Wildman–Crippen LogP) is 9.90. The van der Waals surface area contributed by atoms with Gasteiger partial charge in [0.2, 0.25) is 17.7 Å². The Labute approximate surface area is 497 Å². The van der Waals surface area contributed by atoms with Crippen LogP contribution in [0.5, 0.6) is 11.5 Å². The molecule has 0 saturated carbocycles. The molecule has 6 aromatic rings. The van der Waals surface area contributed by atoms with E-state index >= 15 is 4.79 Å². The normalized spacial score (nSPS) is 16.2. The highest BCUT2D eigenvalue weighted by molar-refractivity contribution is 7.92. The molecule has 1 aliphatic heterocycles. The van der Waals surface area contributed by atoms with E-state index in [4.69, 9.17) is 28.4 Å². The molecule has 452 valence electrons. The van der Waals surface area contributed by atoms with Crippen LogP contribution in [0.1, 0.15) is 110 Å². The van der Waals surface area contributed by atoms with Crippen molar-refractivity contribution in [1.29, 1.82) is 0 Å². The van der Waals surface area contributed by atoms with Gasteiger partial charge in [-0.15, -0.1) is 11.3 Å². The first kappa shape index (κ1) is 63.1. The lowest BCUT2D eigenvalue weighted by Crippen LogP contribution is -2.62. The average Bonchev–Trinajstić information content (AvgIpc) is 2.07. The molecule has 0 spiro atoms. The van der Waals surface area contributed by atoms with E-state index in [9.17, 15) is 22.8 Å². The number of carbonyl (C=O) groups is 4. The predicted molar refractivity (Wildman–Crippen MR) is 325 cm³/mol. The van der Waals surface area contributed by atoms with Gasteiger partial charge in [0.05, 0.1) is 71.7 Å². The average molecular weight is 1190 g/mol. The van der Waals surface area contributed by atoms with Crippen LogP contribution in [-0.4, -0.2) is 140 Å². The minimum absolute atomic E-state index is 0.0659. The number of pyridine rings is 1. The summed E-state index contributed by atoms with van der Waals surface area (Å²) in [5, 5.41) is 10.3. The summed E-state index contributed by atoms with van der Waals surface area (Å²) in [5.74, 6) is -0.484. The van der Waals surface area contributed by atoms with Crippen LogP contribution in [0.2, 0.25) is 0 Å². The van der Waals surface area contributed by atoms with Crippen LogP contribution >= 0.6 is 11.3 Å². The zero-order chi connectivity index (χ0) is 60.6. The Morgan fingerprint density at radius 3 is 2.15 bits per heavy atom. The number of anilines is 2. The van der Waals surface area contributed by atoms with Crippen LogP contribution in [0.4, 0.5) is 16.2 Å². The molecule has 3 heterocycles. The first-order valence-electron chi connectivity index (χ1n) is 28.6. The van der Waals surface area contributed by atoms with E-state index in [1.807, 2.05) is 81.4 Å². The number of nitrogens with one attached hydrogen (secondary N) is 3. The zero-order valence-electron chi connectivity index (χ0n) is 50.2. The Kier molecular flexibility index (Phi) is 20.3. The number of fused-ring (bicyclic) bond motifs is 4. The molecule has 2 aliphatic rings. The topological polar surface area (TPSA) is 226 Å². The molecule has 84 heavy (non-hydrogen) atoms. The van der Waals surface area contributed by atoms with Gasteiger partial charge in [-0.1, -0.05) is 51.1 Å². The molecule has 2 aromatic heterocycles. The standard InChI is InChI=1S/C63H81N7O12S2/c1-40(69(11)60(74)82-62(5,6)7)57(71)68-56(61(2,3)4)59(73)70-38-43-33-45(21-19-42(43)34-52(70)58(72)67-48-18-14-16-41-15-12-13-17-46(41)48)80-31-29-78-27-25-77-26-28-79-30-32-81-53-37-50-47(36-55(53)84(75,76)63(8,9)10)49(23-24-64-50)66-44-20-22-54-51(35-44)65-39-83-54/h12-13,15,17,19-24,33,35-37,39-40,48,52,56H,14,16,18,25-32,34,38H2,1-11H3,(H,64,66)(H,67,72)(H,68,71)/t40-,48+,52-,56+/m0/s1. The van der Waals surface area contributed by atoms with Crippen molar-refractivity contribution in [3.63, 3.8) is 0 Å². The lowest BCUT2D eigenvalue weighted by Gasteiger charge is -2.42. The van der Waals surface area contributed by atoms with Gasteiger partial charge in [0.15, 0.2) is 9.84 Å². The fourth-order valence-electron chi connectivity index (χ4n) is 10.0. The summed E-state index contributed by atoms with van der Waals surface area (Å²) < 4.78 is 62.9. The first-order valence-corrected chi connectivity index (χ1v) is 31.0. The molecule has 8 rings (SSSR count). The Morgan fingerprint density at radius 1 is 0.774 bits per heavy atom. The number of hydrogen-bond donors (Lipinski definition) is 3. The number of carbonyl (C=O) groups excluding carboxylic acids is 4. The summed E-state index contributed by atoms with van der Waals surface area (Å²) in [4.78, 5) is 68.2. The van der Waals surface area contributed by atoms with Gasteiger partial charge < -0.3 is 49.3 Å². The van der Waals surface area contributed by atoms with Gasteiger partial charge in [-0.05, 0) is 138 Å².